The highest BCUT2D eigenvalue weighted by Crippen LogP contribution is 2.13. The van der Waals surface area contributed by atoms with E-state index in [9.17, 15) is 4.79 Å². The lowest BCUT2D eigenvalue weighted by Crippen LogP contribution is -2.09. The Hall–Kier alpha value is -0.990. The van der Waals surface area contributed by atoms with E-state index in [2.05, 4.69) is 26.0 Å². The maximum absolute atomic E-state index is 11.7. The smallest absolute Gasteiger partial charge is 0.434 e. The minimum atomic E-state index is -0.477. The maximum Gasteiger partial charge on any atom is 0.508 e. The van der Waals surface area contributed by atoms with Crippen LogP contribution >= 0.6 is 0 Å². The largest absolute Gasteiger partial charge is 0.508 e. The molecule has 0 saturated heterocycles. The molecule has 0 aliphatic rings. The molecule has 0 bridgehead atoms. The first-order valence-electron chi connectivity index (χ1n) is 17.8. The van der Waals surface area contributed by atoms with Gasteiger partial charge in [0.05, 0.1) is 13.2 Å². The van der Waals surface area contributed by atoms with Gasteiger partial charge in [-0.1, -0.05) is 174 Å². The van der Waals surface area contributed by atoms with Crippen molar-refractivity contribution in [3.63, 3.8) is 0 Å². The quantitative estimate of drug-likeness (QED) is 0.0474. The second-order valence-corrected chi connectivity index (χ2v) is 11.8. The number of ether oxygens (including phenoxy) is 2. The van der Waals surface area contributed by atoms with Gasteiger partial charge in [-0.15, -0.1) is 0 Å². The third-order valence-electron chi connectivity index (χ3n) is 7.84. The van der Waals surface area contributed by atoms with Gasteiger partial charge < -0.3 is 9.47 Å². The second-order valence-electron chi connectivity index (χ2n) is 11.8. The van der Waals surface area contributed by atoms with E-state index in [-0.39, 0.29) is 0 Å². The van der Waals surface area contributed by atoms with Crippen molar-refractivity contribution in [1.82, 2.24) is 0 Å². The summed E-state index contributed by atoms with van der Waals surface area (Å²) in [5, 5.41) is 0. The van der Waals surface area contributed by atoms with Gasteiger partial charge in [0.15, 0.2) is 0 Å². The van der Waals surface area contributed by atoms with Gasteiger partial charge in [0.2, 0.25) is 0 Å². The SMILES string of the molecule is CCCCCCCC/C=C\CCCCCCCCCCCCOC(=O)OCCCCCCCCCCCCC. The average molecular weight is 551 g/mol. The number of rotatable bonds is 32. The molecule has 0 heterocycles. The van der Waals surface area contributed by atoms with Gasteiger partial charge in [-0.2, -0.15) is 0 Å². The van der Waals surface area contributed by atoms with Crippen LogP contribution in [0.15, 0.2) is 12.2 Å². The number of hydrogen-bond acceptors (Lipinski definition) is 3. The van der Waals surface area contributed by atoms with Crippen molar-refractivity contribution in [3.05, 3.63) is 12.2 Å². The number of allylic oxidation sites excluding steroid dienone is 2. The molecule has 0 aromatic rings. The highest BCUT2D eigenvalue weighted by atomic mass is 16.7. The Labute approximate surface area is 245 Å². The lowest BCUT2D eigenvalue weighted by Gasteiger charge is -2.07. The molecular formula is C36H70O3. The molecule has 232 valence electrons. The minimum Gasteiger partial charge on any atom is -0.434 e. The molecule has 0 unspecified atom stereocenters. The molecule has 0 spiro atoms. The first-order chi connectivity index (χ1) is 19.3. The van der Waals surface area contributed by atoms with Gasteiger partial charge in [-0.05, 0) is 38.5 Å². The van der Waals surface area contributed by atoms with Crippen LogP contribution in [0.2, 0.25) is 0 Å². The molecule has 0 N–H and O–H groups in total. The summed E-state index contributed by atoms with van der Waals surface area (Å²) in [5.41, 5.74) is 0. The topological polar surface area (TPSA) is 35.5 Å². The summed E-state index contributed by atoms with van der Waals surface area (Å²) in [6, 6.07) is 0. The minimum absolute atomic E-state index is 0.477. The van der Waals surface area contributed by atoms with Crippen molar-refractivity contribution < 1.29 is 14.3 Å². The number of hydrogen-bond donors (Lipinski definition) is 0. The summed E-state index contributed by atoms with van der Waals surface area (Å²) < 4.78 is 10.4. The Morgan fingerprint density at radius 3 is 0.949 bits per heavy atom. The normalized spacial score (nSPS) is 11.4. The van der Waals surface area contributed by atoms with Crippen molar-refractivity contribution in [3.8, 4) is 0 Å². The molecule has 0 aliphatic carbocycles. The fraction of sp³-hybridized carbons (Fsp3) is 0.917. The molecule has 3 nitrogen and oxygen atoms in total. The highest BCUT2D eigenvalue weighted by molar-refractivity contribution is 5.59. The van der Waals surface area contributed by atoms with Crippen LogP contribution in [-0.4, -0.2) is 19.4 Å². The monoisotopic (exact) mass is 551 g/mol. The lowest BCUT2D eigenvalue weighted by molar-refractivity contribution is 0.0529. The zero-order valence-corrected chi connectivity index (χ0v) is 26.8. The Kier molecular flexibility index (Phi) is 34.1. The van der Waals surface area contributed by atoms with Crippen LogP contribution < -0.4 is 0 Å². The summed E-state index contributed by atoms with van der Waals surface area (Å²) in [6.45, 7) is 5.56. The van der Waals surface area contributed by atoms with Gasteiger partial charge in [0.25, 0.3) is 0 Å². The summed E-state index contributed by atoms with van der Waals surface area (Å²) in [4.78, 5) is 11.7. The third kappa shape index (κ3) is 35.0. The van der Waals surface area contributed by atoms with Crippen LogP contribution in [0.4, 0.5) is 4.79 Å². The van der Waals surface area contributed by atoms with Crippen molar-refractivity contribution in [1.29, 1.82) is 0 Å². The van der Waals surface area contributed by atoms with Gasteiger partial charge in [0, 0.05) is 0 Å². The zero-order chi connectivity index (χ0) is 28.3. The van der Waals surface area contributed by atoms with Crippen LogP contribution in [0.5, 0.6) is 0 Å². The Bertz CT molecular complexity index is 488. The molecule has 0 aliphatic heterocycles. The second kappa shape index (κ2) is 35.0. The standard InChI is InChI=1S/C36H70O3/c1-3-5-7-9-11-13-15-16-17-18-19-20-21-22-23-25-27-29-31-33-35-39-36(37)38-34-32-30-28-26-24-14-12-10-8-6-4-2/h16-17H,3-15,18-35H2,1-2H3/b17-16-. The fourth-order valence-corrected chi connectivity index (χ4v) is 5.18. The van der Waals surface area contributed by atoms with E-state index in [0.717, 1.165) is 25.7 Å². The molecule has 0 amide bonds. The van der Waals surface area contributed by atoms with E-state index in [1.165, 1.54) is 161 Å². The summed E-state index contributed by atoms with van der Waals surface area (Å²) in [7, 11) is 0. The summed E-state index contributed by atoms with van der Waals surface area (Å²) in [6.07, 6.45) is 42.5. The van der Waals surface area contributed by atoms with Crippen molar-refractivity contribution in [2.45, 2.75) is 200 Å². The average Bonchev–Trinajstić information content (AvgIpc) is 2.94. The lowest BCUT2D eigenvalue weighted by atomic mass is 10.1. The fourth-order valence-electron chi connectivity index (χ4n) is 5.18. The van der Waals surface area contributed by atoms with E-state index in [0.29, 0.717) is 13.2 Å². The molecule has 0 aromatic carbocycles. The predicted octanol–water partition coefficient (Wildman–Crippen LogP) is 13.0. The van der Waals surface area contributed by atoms with Crippen LogP contribution in [0.1, 0.15) is 200 Å². The van der Waals surface area contributed by atoms with E-state index >= 15 is 0 Å². The molecule has 0 aromatic heterocycles. The van der Waals surface area contributed by atoms with Crippen LogP contribution in [0, 0.1) is 0 Å². The molecule has 0 atom stereocenters. The number of carbonyl (C=O) groups excluding carboxylic acids is 1. The summed E-state index contributed by atoms with van der Waals surface area (Å²) in [5.74, 6) is 0. The van der Waals surface area contributed by atoms with Gasteiger partial charge in [0.1, 0.15) is 0 Å². The van der Waals surface area contributed by atoms with Crippen molar-refractivity contribution in [2.75, 3.05) is 13.2 Å². The Balaban J connectivity index is 3.17. The predicted molar refractivity (Wildman–Crippen MR) is 172 cm³/mol. The molecule has 0 radical (unpaired) electrons. The Morgan fingerprint density at radius 1 is 0.385 bits per heavy atom. The van der Waals surface area contributed by atoms with Crippen molar-refractivity contribution >= 4 is 6.16 Å². The third-order valence-corrected chi connectivity index (χ3v) is 7.84. The number of carbonyl (C=O) groups is 1. The van der Waals surface area contributed by atoms with Gasteiger partial charge in [-0.25, -0.2) is 4.79 Å². The van der Waals surface area contributed by atoms with Crippen molar-refractivity contribution in [2.24, 2.45) is 0 Å². The molecule has 0 fully saturated rings. The maximum atomic E-state index is 11.7. The van der Waals surface area contributed by atoms with E-state index in [1.807, 2.05) is 0 Å². The molecule has 3 heteroatoms. The van der Waals surface area contributed by atoms with E-state index in [4.69, 9.17) is 9.47 Å². The first kappa shape index (κ1) is 38.0. The van der Waals surface area contributed by atoms with Crippen LogP contribution in [-0.2, 0) is 9.47 Å². The van der Waals surface area contributed by atoms with E-state index in [1.54, 1.807) is 0 Å². The van der Waals surface area contributed by atoms with E-state index < -0.39 is 6.16 Å². The summed E-state index contributed by atoms with van der Waals surface area (Å²) >= 11 is 0. The molecule has 0 rings (SSSR count). The zero-order valence-electron chi connectivity index (χ0n) is 26.8. The first-order valence-corrected chi connectivity index (χ1v) is 17.8. The molecular weight excluding hydrogens is 480 g/mol. The highest BCUT2D eigenvalue weighted by Gasteiger charge is 2.03. The molecule has 0 saturated carbocycles. The van der Waals surface area contributed by atoms with Crippen LogP contribution in [0.25, 0.3) is 0 Å². The van der Waals surface area contributed by atoms with Crippen LogP contribution in [0.3, 0.4) is 0 Å². The van der Waals surface area contributed by atoms with Gasteiger partial charge in [-0.3, -0.25) is 0 Å². The van der Waals surface area contributed by atoms with Gasteiger partial charge >= 0.3 is 6.16 Å². The molecule has 39 heavy (non-hydrogen) atoms. The Morgan fingerprint density at radius 2 is 0.641 bits per heavy atom. The number of unbranched alkanes of at least 4 members (excludes halogenated alkanes) is 26.